The third-order valence-electron chi connectivity index (χ3n) is 0.186. The van der Waals surface area contributed by atoms with Crippen LogP contribution < -0.4 is 5.73 Å². The number of alkyl halides is 1. The van der Waals surface area contributed by atoms with Gasteiger partial charge in [-0.1, -0.05) is 11.6 Å². The first-order valence-corrected chi connectivity index (χ1v) is 1.75. The fourth-order valence-electron chi connectivity index (χ4n) is 0.0495. The molecule has 1 N–H and O–H groups in total. The topological polar surface area (TPSA) is 50.1 Å². The Bertz CT molecular complexity index is 55.5. The van der Waals surface area contributed by atoms with E-state index in [2.05, 4.69) is 4.74 Å². The van der Waals surface area contributed by atoms with Crippen molar-refractivity contribution in [2.45, 2.75) is 0 Å². The molecule has 0 bridgehead atoms. The molecule has 6 heavy (non-hydrogen) atoms. The summed E-state index contributed by atoms with van der Waals surface area (Å²) in [6.07, 6.45) is -1.09. The Balaban J connectivity index is 2.83. The van der Waals surface area contributed by atoms with Gasteiger partial charge in [0.15, 0.2) is 6.07 Å². The zero-order chi connectivity index (χ0) is 4.99. The van der Waals surface area contributed by atoms with Gasteiger partial charge in [-0.2, -0.15) is 0 Å². The van der Waals surface area contributed by atoms with E-state index in [9.17, 15) is 4.79 Å². The van der Waals surface area contributed by atoms with Gasteiger partial charge in [0.05, 0.1) is 0 Å². The van der Waals surface area contributed by atoms with Crippen LogP contribution >= 0.6 is 11.6 Å². The summed E-state index contributed by atoms with van der Waals surface area (Å²) in [6.45, 7) is 0. The van der Waals surface area contributed by atoms with Gasteiger partial charge in [0, 0.05) is 0 Å². The van der Waals surface area contributed by atoms with Crippen LogP contribution in [0.15, 0.2) is 0 Å². The summed E-state index contributed by atoms with van der Waals surface area (Å²) in [5.41, 5.74) is 6.03. The number of ether oxygens (including phenoxy) is 1. The highest BCUT2D eigenvalue weighted by Crippen LogP contribution is 1.76. The first kappa shape index (κ1) is 5.56. The molecule has 0 atom stereocenters. The lowest BCUT2D eigenvalue weighted by atomic mass is 11.2. The number of hydrogen-bond donors (Lipinski definition) is 0. The average molecular weight is 109 g/mol. The van der Waals surface area contributed by atoms with Gasteiger partial charge < -0.3 is 4.74 Å². The predicted octanol–water partition coefficient (Wildman–Crippen LogP) is 0.602. The van der Waals surface area contributed by atoms with Crippen molar-refractivity contribution in [1.82, 2.24) is 5.73 Å². The van der Waals surface area contributed by atoms with Gasteiger partial charge in [-0.05, 0) is 0 Å². The number of nitrogens with one attached hydrogen (secondary N) is 1. The fraction of sp³-hybridized carbons (Fsp3) is 0.500. The van der Waals surface area contributed by atoms with Crippen LogP contribution in [0.1, 0.15) is 0 Å². The normalized spacial score (nSPS) is 7.50. The molecular formula is C2H3ClNO2. The monoisotopic (exact) mass is 108 g/mol. The van der Waals surface area contributed by atoms with Gasteiger partial charge in [-0.3, -0.25) is 0 Å². The molecule has 0 aromatic rings. The van der Waals surface area contributed by atoms with Crippen LogP contribution in [0.3, 0.4) is 0 Å². The molecule has 0 aliphatic carbocycles. The second-order valence-electron chi connectivity index (χ2n) is 0.541. The van der Waals surface area contributed by atoms with Crippen molar-refractivity contribution in [3.05, 3.63) is 0 Å². The standard InChI is InChI=1S/C2H3ClNO2/c3-1-6-2(4)5/h4H,1H2. The molecule has 0 saturated heterocycles. The van der Waals surface area contributed by atoms with Crippen LogP contribution in [-0.2, 0) is 4.74 Å². The van der Waals surface area contributed by atoms with Crippen molar-refractivity contribution >= 4 is 17.7 Å². The van der Waals surface area contributed by atoms with E-state index in [1.165, 1.54) is 0 Å². The van der Waals surface area contributed by atoms with Gasteiger partial charge >= 0.3 is 6.09 Å². The average Bonchev–Trinajstić information content (AvgIpc) is 1.35. The van der Waals surface area contributed by atoms with E-state index < -0.39 is 6.09 Å². The third kappa shape index (κ3) is 3.56. The molecule has 4 heteroatoms. The number of halogens is 1. The molecule has 0 spiro atoms. The Labute approximate surface area is 40.0 Å². The quantitative estimate of drug-likeness (QED) is 0.462. The first-order chi connectivity index (χ1) is 2.77. The van der Waals surface area contributed by atoms with Gasteiger partial charge in [-0.25, -0.2) is 10.5 Å². The van der Waals surface area contributed by atoms with Crippen LogP contribution in [0.5, 0.6) is 0 Å². The summed E-state index contributed by atoms with van der Waals surface area (Å²) in [7, 11) is 0. The Morgan fingerprint density at radius 3 is 2.50 bits per heavy atom. The lowest BCUT2D eigenvalue weighted by Gasteiger charge is -1.85. The summed E-state index contributed by atoms with van der Waals surface area (Å²) in [5, 5.41) is 0. The van der Waals surface area contributed by atoms with E-state index in [4.69, 9.17) is 17.3 Å². The van der Waals surface area contributed by atoms with Crippen molar-refractivity contribution in [3.63, 3.8) is 0 Å². The number of carbonyl (C=O) groups is 1. The molecule has 0 unspecified atom stereocenters. The molecule has 0 fully saturated rings. The van der Waals surface area contributed by atoms with E-state index in [0.717, 1.165) is 0 Å². The van der Waals surface area contributed by atoms with Gasteiger partial charge in [0.2, 0.25) is 0 Å². The molecule has 1 radical (unpaired) electrons. The molecule has 0 saturated carbocycles. The zero-order valence-electron chi connectivity index (χ0n) is 2.90. The van der Waals surface area contributed by atoms with E-state index in [1.807, 2.05) is 0 Å². The molecule has 0 aromatic heterocycles. The molecule has 0 aromatic carbocycles. The van der Waals surface area contributed by atoms with Crippen molar-refractivity contribution in [3.8, 4) is 0 Å². The molecule has 0 aliphatic heterocycles. The van der Waals surface area contributed by atoms with E-state index in [0.29, 0.717) is 0 Å². The summed E-state index contributed by atoms with van der Waals surface area (Å²) >= 11 is 4.83. The SMILES string of the molecule is [NH]C(=O)OCCl. The van der Waals surface area contributed by atoms with Crippen LogP contribution in [-0.4, -0.2) is 12.2 Å². The summed E-state index contributed by atoms with van der Waals surface area (Å²) < 4.78 is 3.83. The van der Waals surface area contributed by atoms with E-state index in [1.54, 1.807) is 0 Å². The Kier molecular flexibility index (Phi) is 2.58. The molecular weight excluding hydrogens is 105 g/mol. The Hall–Kier alpha value is -0.440. The maximum Gasteiger partial charge on any atom is 0.427 e. The third-order valence-corrected chi connectivity index (χ3v) is 0.295. The second-order valence-corrected chi connectivity index (χ2v) is 0.759. The van der Waals surface area contributed by atoms with Gasteiger partial charge in [0.1, 0.15) is 0 Å². The van der Waals surface area contributed by atoms with Crippen LogP contribution in [0.25, 0.3) is 0 Å². The minimum Gasteiger partial charge on any atom is -0.432 e. The van der Waals surface area contributed by atoms with Crippen LogP contribution in [0, 0.1) is 0 Å². The maximum atomic E-state index is 9.40. The van der Waals surface area contributed by atoms with Crippen molar-refractivity contribution in [2.24, 2.45) is 0 Å². The first-order valence-electron chi connectivity index (χ1n) is 1.21. The molecule has 35 valence electrons. The van der Waals surface area contributed by atoms with E-state index in [-0.39, 0.29) is 6.07 Å². The predicted molar refractivity (Wildman–Crippen MR) is 20.3 cm³/mol. The highest BCUT2D eigenvalue weighted by Gasteiger charge is 1.85. The van der Waals surface area contributed by atoms with Crippen LogP contribution in [0.2, 0.25) is 0 Å². The summed E-state index contributed by atoms with van der Waals surface area (Å²) in [6, 6.07) is -0.234. The highest BCUT2D eigenvalue weighted by atomic mass is 35.5. The second kappa shape index (κ2) is 2.78. The van der Waals surface area contributed by atoms with Gasteiger partial charge in [-0.15, -0.1) is 0 Å². The number of amides is 1. The van der Waals surface area contributed by atoms with Crippen molar-refractivity contribution in [2.75, 3.05) is 6.07 Å². The molecule has 1 amide bonds. The lowest BCUT2D eigenvalue weighted by Crippen LogP contribution is -1.98. The summed E-state index contributed by atoms with van der Waals surface area (Å²) in [5.74, 6) is 0. The molecule has 0 aliphatic rings. The molecule has 0 heterocycles. The number of rotatable bonds is 1. The fourth-order valence-corrected chi connectivity index (χ4v) is 0.149. The molecule has 0 rings (SSSR count). The van der Waals surface area contributed by atoms with Crippen molar-refractivity contribution < 1.29 is 9.53 Å². The highest BCUT2D eigenvalue weighted by molar-refractivity contribution is 6.17. The van der Waals surface area contributed by atoms with Crippen LogP contribution in [0.4, 0.5) is 4.79 Å². The van der Waals surface area contributed by atoms with Gasteiger partial charge in [0.25, 0.3) is 0 Å². The smallest absolute Gasteiger partial charge is 0.427 e. The number of hydrogen-bond acceptors (Lipinski definition) is 2. The maximum absolute atomic E-state index is 9.40. The summed E-state index contributed by atoms with van der Waals surface area (Å²) in [4.78, 5) is 9.40. The Morgan fingerprint density at radius 1 is 2.00 bits per heavy atom. The number of carbonyl (C=O) groups excluding carboxylic acids is 1. The minimum atomic E-state index is -1.09. The Morgan fingerprint density at radius 2 is 2.50 bits per heavy atom. The largest absolute Gasteiger partial charge is 0.432 e. The molecule has 3 nitrogen and oxygen atoms in total. The van der Waals surface area contributed by atoms with Crippen molar-refractivity contribution in [1.29, 1.82) is 0 Å². The lowest BCUT2D eigenvalue weighted by molar-refractivity contribution is 0.174. The van der Waals surface area contributed by atoms with E-state index >= 15 is 0 Å². The minimum absolute atomic E-state index is 0.234. The zero-order valence-corrected chi connectivity index (χ0v) is 3.66.